The third kappa shape index (κ3) is 3.62. The molecular weight excluding hydrogens is 339 g/mol. The zero-order valence-electron chi connectivity index (χ0n) is 14.7. The minimum absolute atomic E-state index is 0.204. The van der Waals surface area contributed by atoms with Crippen LogP contribution < -0.4 is 9.47 Å². The van der Waals surface area contributed by atoms with Gasteiger partial charge in [-0.2, -0.15) is 0 Å². The summed E-state index contributed by atoms with van der Waals surface area (Å²) < 4.78 is 23.9. The van der Waals surface area contributed by atoms with Crippen molar-refractivity contribution in [1.29, 1.82) is 0 Å². The minimum Gasteiger partial charge on any atom is -0.493 e. The van der Waals surface area contributed by atoms with Crippen LogP contribution in [0.25, 0.3) is 0 Å². The molecule has 0 bridgehead atoms. The molecule has 1 aliphatic heterocycles. The highest BCUT2D eigenvalue weighted by Crippen LogP contribution is 2.36. The molecule has 0 unspecified atom stereocenters. The molecule has 1 aromatic carbocycles. The van der Waals surface area contributed by atoms with Crippen LogP contribution in [0.3, 0.4) is 0 Å². The van der Waals surface area contributed by atoms with Crippen molar-refractivity contribution >= 4 is 5.97 Å². The first kappa shape index (κ1) is 18.1. The lowest BCUT2D eigenvalue weighted by Gasteiger charge is -2.18. The molecule has 0 amide bonds. The van der Waals surface area contributed by atoms with E-state index in [4.69, 9.17) is 9.47 Å². The van der Waals surface area contributed by atoms with Crippen LogP contribution in [0.2, 0.25) is 0 Å². The summed E-state index contributed by atoms with van der Waals surface area (Å²) in [7, 11) is 3.11. The zero-order valence-corrected chi connectivity index (χ0v) is 14.7. The Morgan fingerprint density at radius 3 is 2.58 bits per heavy atom. The third-order valence-corrected chi connectivity index (χ3v) is 4.75. The highest BCUT2D eigenvalue weighted by molar-refractivity contribution is 5.72. The number of methoxy groups -OCH3 is 2. The number of rotatable bonds is 6. The lowest BCUT2D eigenvalue weighted by molar-refractivity contribution is -0.141. The van der Waals surface area contributed by atoms with Crippen molar-refractivity contribution in [1.82, 2.24) is 9.88 Å². The second-order valence-electron chi connectivity index (χ2n) is 6.29. The molecule has 2 aromatic rings. The van der Waals surface area contributed by atoms with E-state index in [1.807, 2.05) is 4.90 Å². The maximum Gasteiger partial charge on any atom is 0.308 e. The van der Waals surface area contributed by atoms with Crippen molar-refractivity contribution in [3.8, 4) is 11.5 Å². The van der Waals surface area contributed by atoms with Crippen LogP contribution in [-0.2, 0) is 11.3 Å². The van der Waals surface area contributed by atoms with Crippen molar-refractivity contribution in [3.63, 3.8) is 0 Å². The molecule has 0 saturated carbocycles. The van der Waals surface area contributed by atoms with Crippen LogP contribution in [-0.4, -0.2) is 48.3 Å². The van der Waals surface area contributed by atoms with Crippen LogP contribution in [0.5, 0.6) is 11.5 Å². The van der Waals surface area contributed by atoms with E-state index in [9.17, 15) is 14.3 Å². The number of likely N-dealkylation sites (tertiary alicyclic amines) is 1. The summed E-state index contributed by atoms with van der Waals surface area (Å²) in [5.41, 5.74) is 1.52. The molecule has 2 heterocycles. The van der Waals surface area contributed by atoms with E-state index in [0.717, 1.165) is 5.56 Å². The Morgan fingerprint density at radius 1 is 1.23 bits per heavy atom. The van der Waals surface area contributed by atoms with Gasteiger partial charge in [0.25, 0.3) is 0 Å². The molecule has 1 aliphatic rings. The normalized spacial score (nSPS) is 20.1. The van der Waals surface area contributed by atoms with Crippen molar-refractivity contribution in [2.75, 3.05) is 27.3 Å². The van der Waals surface area contributed by atoms with Gasteiger partial charge in [-0.25, -0.2) is 4.39 Å². The van der Waals surface area contributed by atoms with Gasteiger partial charge in [-0.1, -0.05) is 12.1 Å². The molecule has 26 heavy (non-hydrogen) atoms. The average Bonchev–Trinajstić information content (AvgIpc) is 3.06. The molecule has 1 aromatic heterocycles. The Labute approximate surface area is 151 Å². The molecule has 1 saturated heterocycles. The van der Waals surface area contributed by atoms with Crippen molar-refractivity contribution in [2.24, 2.45) is 5.92 Å². The first-order valence-electron chi connectivity index (χ1n) is 8.30. The molecule has 1 N–H and O–H groups in total. The number of halogens is 1. The van der Waals surface area contributed by atoms with Gasteiger partial charge in [0.15, 0.2) is 11.5 Å². The first-order chi connectivity index (χ1) is 12.5. The molecule has 3 rings (SSSR count). The van der Waals surface area contributed by atoms with Crippen LogP contribution in [0.15, 0.2) is 36.5 Å². The lowest BCUT2D eigenvalue weighted by Crippen LogP contribution is -2.23. The summed E-state index contributed by atoms with van der Waals surface area (Å²) in [6.45, 7) is 1.38. The first-order valence-corrected chi connectivity index (χ1v) is 8.30. The fraction of sp³-hybridized carbons (Fsp3) is 0.368. The molecule has 0 radical (unpaired) electrons. The van der Waals surface area contributed by atoms with Crippen LogP contribution in [0, 0.1) is 11.7 Å². The highest BCUT2D eigenvalue weighted by atomic mass is 19.1. The van der Waals surface area contributed by atoms with Gasteiger partial charge in [-0.3, -0.25) is 14.7 Å². The predicted octanol–water partition coefficient (Wildman–Crippen LogP) is 2.54. The number of pyridine rings is 1. The molecular formula is C19H21FN2O4. The Kier molecular flexibility index (Phi) is 5.37. The molecule has 0 aliphatic carbocycles. The molecule has 6 nitrogen and oxygen atoms in total. The zero-order chi connectivity index (χ0) is 18.7. The second kappa shape index (κ2) is 7.70. The van der Waals surface area contributed by atoms with Gasteiger partial charge in [0.2, 0.25) is 0 Å². The fourth-order valence-electron chi connectivity index (χ4n) is 3.49. The van der Waals surface area contributed by atoms with Crippen molar-refractivity contribution in [3.05, 3.63) is 53.6 Å². The Balaban J connectivity index is 1.82. The topological polar surface area (TPSA) is 71.9 Å². The minimum atomic E-state index is -0.854. The summed E-state index contributed by atoms with van der Waals surface area (Å²) in [5.74, 6) is -0.816. The number of carbonyl (C=O) groups is 1. The number of carboxylic acids is 1. The number of ether oxygens (including phenoxy) is 2. The Morgan fingerprint density at radius 2 is 1.96 bits per heavy atom. The maximum absolute atomic E-state index is 13.2. The fourth-order valence-corrected chi connectivity index (χ4v) is 3.49. The van der Waals surface area contributed by atoms with E-state index in [0.29, 0.717) is 36.8 Å². The van der Waals surface area contributed by atoms with E-state index in [1.165, 1.54) is 12.1 Å². The van der Waals surface area contributed by atoms with Gasteiger partial charge in [0, 0.05) is 37.8 Å². The molecule has 7 heteroatoms. The van der Waals surface area contributed by atoms with E-state index in [-0.39, 0.29) is 11.7 Å². The van der Waals surface area contributed by atoms with E-state index in [2.05, 4.69) is 4.98 Å². The number of hydrogen-bond acceptors (Lipinski definition) is 5. The Hall–Kier alpha value is -2.67. The monoisotopic (exact) mass is 360 g/mol. The number of nitrogens with zero attached hydrogens (tertiary/aromatic N) is 2. The van der Waals surface area contributed by atoms with Crippen molar-refractivity contribution in [2.45, 2.75) is 12.5 Å². The van der Waals surface area contributed by atoms with Gasteiger partial charge in [-0.15, -0.1) is 0 Å². The molecule has 0 spiro atoms. The Bertz CT molecular complexity index is 782. The highest BCUT2D eigenvalue weighted by Gasteiger charge is 2.38. The van der Waals surface area contributed by atoms with Crippen LogP contribution in [0.4, 0.5) is 4.39 Å². The van der Waals surface area contributed by atoms with E-state index in [1.54, 1.807) is 38.6 Å². The predicted molar refractivity (Wildman–Crippen MR) is 92.9 cm³/mol. The molecule has 138 valence electrons. The van der Waals surface area contributed by atoms with Gasteiger partial charge in [-0.05, 0) is 17.7 Å². The van der Waals surface area contributed by atoms with Gasteiger partial charge in [0.05, 0.1) is 20.1 Å². The van der Waals surface area contributed by atoms with Crippen LogP contribution in [0.1, 0.15) is 17.2 Å². The molecule has 1 fully saturated rings. The second-order valence-corrected chi connectivity index (χ2v) is 6.29. The summed E-state index contributed by atoms with van der Waals surface area (Å²) in [6.07, 6.45) is 1.64. The maximum atomic E-state index is 13.2. The largest absolute Gasteiger partial charge is 0.493 e. The quantitative estimate of drug-likeness (QED) is 0.854. The summed E-state index contributed by atoms with van der Waals surface area (Å²) in [5, 5.41) is 9.61. The van der Waals surface area contributed by atoms with Crippen LogP contribution >= 0.6 is 0 Å². The SMILES string of the molecule is COc1ccnc(CN2C[C@@H](C(=O)O)[C@H](c3ccc(F)cc3)C2)c1OC. The van der Waals surface area contributed by atoms with E-state index < -0.39 is 11.9 Å². The number of hydrogen-bond donors (Lipinski definition) is 1. The van der Waals surface area contributed by atoms with Crippen molar-refractivity contribution < 1.29 is 23.8 Å². The lowest BCUT2D eigenvalue weighted by atomic mass is 9.89. The van der Waals surface area contributed by atoms with Gasteiger partial charge >= 0.3 is 5.97 Å². The average molecular weight is 360 g/mol. The number of benzene rings is 1. The standard InChI is InChI=1S/C19H21FN2O4/c1-25-17-7-8-21-16(18(17)26-2)11-22-9-14(15(10-22)19(23)24)12-3-5-13(20)6-4-12/h3-8,14-15H,9-11H2,1-2H3,(H,23,24)/t14-,15+/m0/s1. The third-order valence-electron chi connectivity index (χ3n) is 4.75. The summed E-state index contributed by atoms with van der Waals surface area (Å²) in [6, 6.07) is 7.76. The summed E-state index contributed by atoms with van der Waals surface area (Å²) >= 11 is 0. The summed E-state index contributed by atoms with van der Waals surface area (Å²) in [4.78, 5) is 18.1. The number of carboxylic acid groups (broad SMARTS) is 1. The van der Waals surface area contributed by atoms with Gasteiger partial charge < -0.3 is 14.6 Å². The number of aromatic nitrogens is 1. The number of aliphatic carboxylic acids is 1. The smallest absolute Gasteiger partial charge is 0.308 e. The molecule has 2 atom stereocenters. The van der Waals surface area contributed by atoms with Gasteiger partial charge in [0.1, 0.15) is 11.5 Å². The van der Waals surface area contributed by atoms with E-state index >= 15 is 0 Å².